The lowest BCUT2D eigenvalue weighted by Gasteiger charge is -2.27. The Bertz CT molecular complexity index is 1040. The van der Waals surface area contributed by atoms with Crippen LogP contribution in [0.15, 0.2) is 36.8 Å². The van der Waals surface area contributed by atoms with Gasteiger partial charge in [-0.3, -0.25) is 10.1 Å². The highest BCUT2D eigenvalue weighted by atomic mass is 15.2. The Balaban J connectivity index is 1.54. The number of H-pyrrole nitrogens is 1. The van der Waals surface area contributed by atoms with Crippen molar-refractivity contribution >= 4 is 33.6 Å². The first-order valence-electron chi connectivity index (χ1n) is 8.33. The number of nitrogens with zero attached hydrogens (tertiary/aromatic N) is 4. The van der Waals surface area contributed by atoms with Gasteiger partial charge in [-0.2, -0.15) is 5.10 Å². The summed E-state index contributed by atoms with van der Waals surface area (Å²) in [5.74, 6) is 0.725. The third kappa shape index (κ3) is 1.99. The standard InChI is InChI=1S/C18H18N6/c1-11-10-24(13-4-2-5-13)18-14(11)8-12(9-20-18)21-17-16-15(22-23-17)6-3-7-19-16/h3,6-10,13H,2,4-5H2,1H3,(H2,21,22,23). The molecule has 0 spiro atoms. The van der Waals surface area contributed by atoms with Gasteiger partial charge in [0, 0.05) is 23.8 Å². The monoisotopic (exact) mass is 318 g/mol. The van der Waals surface area contributed by atoms with E-state index in [1.165, 1.54) is 30.2 Å². The van der Waals surface area contributed by atoms with Gasteiger partial charge in [-0.25, -0.2) is 4.98 Å². The minimum atomic E-state index is 0.618. The number of aryl methyl sites for hydroxylation is 1. The Morgan fingerprint density at radius 3 is 3.04 bits per heavy atom. The Labute approximate surface area is 138 Å². The molecule has 5 rings (SSSR count). The summed E-state index contributed by atoms with van der Waals surface area (Å²) >= 11 is 0. The SMILES string of the molecule is Cc1cn(C2CCC2)c2ncc(Nc3n[nH]c4cccnc34)cc12. The van der Waals surface area contributed by atoms with Crippen molar-refractivity contribution in [2.75, 3.05) is 5.32 Å². The van der Waals surface area contributed by atoms with E-state index in [9.17, 15) is 0 Å². The summed E-state index contributed by atoms with van der Waals surface area (Å²) in [6, 6.07) is 6.62. The summed E-state index contributed by atoms with van der Waals surface area (Å²) in [5, 5.41) is 11.8. The van der Waals surface area contributed by atoms with Crippen LogP contribution in [0.1, 0.15) is 30.9 Å². The van der Waals surface area contributed by atoms with E-state index in [4.69, 9.17) is 4.98 Å². The molecule has 2 N–H and O–H groups in total. The zero-order valence-corrected chi connectivity index (χ0v) is 13.5. The van der Waals surface area contributed by atoms with E-state index in [0.29, 0.717) is 6.04 Å². The molecule has 0 aromatic carbocycles. The van der Waals surface area contributed by atoms with Gasteiger partial charge in [-0.1, -0.05) is 0 Å². The maximum Gasteiger partial charge on any atom is 0.178 e. The fourth-order valence-corrected chi connectivity index (χ4v) is 3.38. The highest BCUT2D eigenvalue weighted by molar-refractivity contribution is 5.89. The third-order valence-electron chi connectivity index (χ3n) is 4.92. The first-order valence-corrected chi connectivity index (χ1v) is 8.33. The second-order valence-electron chi connectivity index (χ2n) is 6.50. The third-order valence-corrected chi connectivity index (χ3v) is 4.92. The second kappa shape index (κ2) is 5.06. The quantitative estimate of drug-likeness (QED) is 0.597. The van der Waals surface area contributed by atoms with Crippen molar-refractivity contribution in [1.82, 2.24) is 24.7 Å². The molecule has 4 aromatic rings. The average Bonchev–Trinajstić information content (AvgIpc) is 3.09. The summed E-state index contributed by atoms with van der Waals surface area (Å²) in [6.45, 7) is 2.15. The summed E-state index contributed by atoms with van der Waals surface area (Å²) in [7, 11) is 0. The Hall–Kier alpha value is -2.89. The van der Waals surface area contributed by atoms with Crippen molar-refractivity contribution in [2.45, 2.75) is 32.2 Å². The highest BCUT2D eigenvalue weighted by Crippen LogP contribution is 2.36. The Kier molecular flexibility index (Phi) is 2.85. The molecule has 0 saturated heterocycles. The van der Waals surface area contributed by atoms with Gasteiger partial charge < -0.3 is 9.88 Å². The smallest absolute Gasteiger partial charge is 0.178 e. The van der Waals surface area contributed by atoms with E-state index in [1.54, 1.807) is 6.20 Å². The molecule has 1 aliphatic rings. The minimum absolute atomic E-state index is 0.618. The molecule has 6 nitrogen and oxygen atoms in total. The Morgan fingerprint density at radius 1 is 1.29 bits per heavy atom. The number of nitrogens with one attached hydrogen (secondary N) is 2. The first-order chi connectivity index (χ1) is 11.8. The second-order valence-corrected chi connectivity index (χ2v) is 6.50. The van der Waals surface area contributed by atoms with Crippen LogP contribution in [-0.4, -0.2) is 24.7 Å². The molecule has 0 bridgehead atoms. The van der Waals surface area contributed by atoms with Crippen molar-refractivity contribution in [3.05, 3.63) is 42.4 Å². The number of hydrogen-bond acceptors (Lipinski definition) is 4. The van der Waals surface area contributed by atoms with Crippen molar-refractivity contribution in [1.29, 1.82) is 0 Å². The maximum absolute atomic E-state index is 4.71. The number of fused-ring (bicyclic) bond motifs is 2. The summed E-state index contributed by atoms with van der Waals surface area (Å²) in [5.41, 5.74) is 5.02. The fraction of sp³-hybridized carbons (Fsp3) is 0.278. The molecule has 0 unspecified atom stereocenters. The van der Waals surface area contributed by atoms with Gasteiger partial charge in [0.2, 0.25) is 0 Å². The molecule has 1 fully saturated rings. The zero-order chi connectivity index (χ0) is 16.1. The van der Waals surface area contributed by atoms with Crippen molar-refractivity contribution < 1.29 is 0 Å². The molecule has 4 aromatic heterocycles. The van der Waals surface area contributed by atoms with E-state index >= 15 is 0 Å². The van der Waals surface area contributed by atoms with E-state index in [0.717, 1.165) is 28.2 Å². The van der Waals surface area contributed by atoms with E-state index in [1.807, 2.05) is 18.3 Å². The lowest BCUT2D eigenvalue weighted by atomic mass is 9.93. The van der Waals surface area contributed by atoms with Gasteiger partial charge in [0.1, 0.15) is 11.2 Å². The van der Waals surface area contributed by atoms with Crippen LogP contribution in [0.5, 0.6) is 0 Å². The van der Waals surface area contributed by atoms with E-state index in [-0.39, 0.29) is 0 Å². The average molecular weight is 318 g/mol. The predicted molar refractivity (Wildman–Crippen MR) is 94.5 cm³/mol. The van der Waals surface area contributed by atoms with Crippen molar-refractivity contribution in [3.63, 3.8) is 0 Å². The van der Waals surface area contributed by atoms with Gasteiger partial charge in [0.05, 0.1) is 17.4 Å². The molecule has 0 amide bonds. The molecule has 0 atom stereocenters. The number of anilines is 2. The van der Waals surface area contributed by atoms with Crippen molar-refractivity contribution in [3.8, 4) is 0 Å². The topological polar surface area (TPSA) is 71.4 Å². The molecule has 24 heavy (non-hydrogen) atoms. The van der Waals surface area contributed by atoms with Gasteiger partial charge in [0.15, 0.2) is 5.82 Å². The zero-order valence-electron chi connectivity index (χ0n) is 13.5. The number of aromatic amines is 1. The lowest BCUT2D eigenvalue weighted by Crippen LogP contribution is -2.16. The molecule has 120 valence electrons. The van der Waals surface area contributed by atoms with Gasteiger partial charge >= 0.3 is 0 Å². The minimum Gasteiger partial charge on any atom is -0.336 e. The molecule has 1 saturated carbocycles. The van der Waals surface area contributed by atoms with Gasteiger partial charge in [-0.05, 0) is 49.9 Å². The van der Waals surface area contributed by atoms with Gasteiger partial charge in [0.25, 0.3) is 0 Å². The number of pyridine rings is 2. The van der Waals surface area contributed by atoms with Crippen LogP contribution in [0.3, 0.4) is 0 Å². The van der Waals surface area contributed by atoms with Crippen LogP contribution in [0.4, 0.5) is 11.5 Å². The van der Waals surface area contributed by atoms with Crippen LogP contribution >= 0.6 is 0 Å². The van der Waals surface area contributed by atoms with Crippen molar-refractivity contribution in [2.24, 2.45) is 0 Å². The highest BCUT2D eigenvalue weighted by Gasteiger charge is 2.22. The predicted octanol–water partition coefficient (Wildman–Crippen LogP) is 4.08. The fourth-order valence-electron chi connectivity index (χ4n) is 3.38. The van der Waals surface area contributed by atoms with Crippen LogP contribution in [-0.2, 0) is 0 Å². The van der Waals surface area contributed by atoms with Crippen LogP contribution in [0.2, 0.25) is 0 Å². The van der Waals surface area contributed by atoms with E-state index < -0.39 is 0 Å². The molecular formula is C18H18N6. The number of aromatic nitrogens is 5. The lowest BCUT2D eigenvalue weighted by molar-refractivity contribution is 0.320. The Morgan fingerprint density at radius 2 is 2.21 bits per heavy atom. The van der Waals surface area contributed by atoms with Crippen LogP contribution in [0, 0.1) is 6.92 Å². The van der Waals surface area contributed by atoms with Gasteiger partial charge in [-0.15, -0.1) is 0 Å². The number of rotatable bonds is 3. The molecular weight excluding hydrogens is 300 g/mol. The summed E-state index contributed by atoms with van der Waals surface area (Å²) < 4.78 is 2.34. The maximum atomic E-state index is 4.71. The molecule has 4 heterocycles. The van der Waals surface area contributed by atoms with E-state index in [2.05, 4.69) is 44.3 Å². The molecule has 0 aliphatic heterocycles. The molecule has 0 radical (unpaired) electrons. The van der Waals surface area contributed by atoms with Crippen LogP contribution < -0.4 is 5.32 Å². The summed E-state index contributed by atoms with van der Waals surface area (Å²) in [6.07, 6.45) is 9.72. The first kappa shape index (κ1) is 13.5. The largest absolute Gasteiger partial charge is 0.336 e. The van der Waals surface area contributed by atoms with Crippen LogP contribution in [0.25, 0.3) is 22.1 Å². The normalized spacial score (nSPS) is 15.0. The number of hydrogen-bond donors (Lipinski definition) is 2. The molecule has 6 heteroatoms. The molecule has 1 aliphatic carbocycles. The summed E-state index contributed by atoms with van der Waals surface area (Å²) in [4.78, 5) is 9.09.